The lowest BCUT2D eigenvalue weighted by Crippen LogP contribution is -2.46. The molecule has 3 aliphatic heterocycles. The molecular formula is C26H24N6O2. The molecule has 1 aromatic carbocycles. The molecule has 1 saturated heterocycles. The lowest BCUT2D eigenvalue weighted by molar-refractivity contribution is 0.253. The summed E-state index contributed by atoms with van der Waals surface area (Å²) >= 11 is 0. The number of fused-ring (bicyclic) bond motifs is 2. The van der Waals surface area contributed by atoms with E-state index in [1.165, 1.54) is 12.0 Å². The van der Waals surface area contributed by atoms with Gasteiger partial charge < -0.3 is 9.32 Å². The molecule has 0 unspecified atom stereocenters. The summed E-state index contributed by atoms with van der Waals surface area (Å²) in [6.45, 7) is 3.89. The number of hydrogen-bond donors (Lipinski definition) is 1. The second kappa shape index (κ2) is 8.30. The Balaban J connectivity index is 1.37. The minimum absolute atomic E-state index is 0.0789. The van der Waals surface area contributed by atoms with Crippen molar-refractivity contribution in [2.45, 2.75) is 25.8 Å². The van der Waals surface area contributed by atoms with Crippen LogP contribution in [0.3, 0.4) is 0 Å². The molecule has 0 spiro atoms. The van der Waals surface area contributed by atoms with Gasteiger partial charge in [-0.05, 0) is 50.1 Å². The summed E-state index contributed by atoms with van der Waals surface area (Å²) < 4.78 is 5.35. The number of pyridine rings is 2. The summed E-state index contributed by atoms with van der Waals surface area (Å²) in [5, 5.41) is 2.99. The molecule has 8 nitrogen and oxygen atoms in total. The molecule has 3 aromatic heterocycles. The van der Waals surface area contributed by atoms with Crippen LogP contribution in [-0.4, -0.2) is 40.1 Å². The van der Waals surface area contributed by atoms with Crippen molar-refractivity contribution in [1.82, 2.24) is 15.0 Å². The normalized spacial score (nSPS) is 15.2. The van der Waals surface area contributed by atoms with Crippen molar-refractivity contribution in [3.63, 3.8) is 0 Å². The molecule has 0 saturated carbocycles. The highest BCUT2D eigenvalue weighted by atomic mass is 16.3. The second-order valence-corrected chi connectivity index (χ2v) is 8.70. The monoisotopic (exact) mass is 452 g/mol. The van der Waals surface area contributed by atoms with Gasteiger partial charge in [0.1, 0.15) is 11.5 Å². The molecule has 2 amide bonds. The standard InChI is InChI=1S/C26H24N6O2/c1-17-4-2-5-18(14-17)20-8-9-22-25(29-20)32(19-10-12-31(22)13-11-19)26(33)30-24-7-3-6-21(28-24)23-15-27-16-34-23/h2-9,14-16,19H,10-13H2,1H3,(H,28,30,33). The molecular weight excluding hydrogens is 428 g/mol. The van der Waals surface area contributed by atoms with Crippen molar-refractivity contribution in [2.75, 3.05) is 28.2 Å². The third-order valence-electron chi connectivity index (χ3n) is 6.45. The number of nitrogens with zero attached hydrogens (tertiary/aromatic N) is 5. The summed E-state index contributed by atoms with van der Waals surface area (Å²) in [5.74, 6) is 1.70. The van der Waals surface area contributed by atoms with E-state index in [-0.39, 0.29) is 12.1 Å². The minimum atomic E-state index is -0.230. The van der Waals surface area contributed by atoms with Crippen molar-refractivity contribution in [3.05, 3.63) is 72.8 Å². The van der Waals surface area contributed by atoms with Crippen LogP contribution in [0, 0.1) is 6.92 Å². The molecule has 2 bridgehead atoms. The van der Waals surface area contributed by atoms with Crippen LogP contribution in [0.15, 0.2) is 71.6 Å². The van der Waals surface area contributed by atoms with E-state index < -0.39 is 0 Å². The van der Waals surface area contributed by atoms with Crippen LogP contribution in [0.25, 0.3) is 22.7 Å². The first kappa shape index (κ1) is 20.4. The van der Waals surface area contributed by atoms with E-state index in [1.54, 1.807) is 12.3 Å². The Labute approximate surface area is 197 Å². The first-order valence-electron chi connectivity index (χ1n) is 11.4. The number of oxazole rings is 1. The number of amides is 2. The van der Waals surface area contributed by atoms with Gasteiger partial charge in [-0.15, -0.1) is 0 Å². The van der Waals surface area contributed by atoms with Crippen LogP contribution in [0.5, 0.6) is 0 Å². The third-order valence-corrected chi connectivity index (χ3v) is 6.45. The van der Waals surface area contributed by atoms with Gasteiger partial charge in [0.15, 0.2) is 18.0 Å². The Hall–Kier alpha value is -4.20. The molecule has 0 radical (unpaired) electrons. The maximum atomic E-state index is 13.7. The van der Waals surface area contributed by atoms with E-state index in [0.29, 0.717) is 23.1 Å². The molecule has 3 aliphatic rings. The zero-order valence-corrected chi connectivity index (χ0v) is 18.8. The SMILES string of the molecule is Cc1cccc(-c2ccc3c(n2)N(C(=O)Nc2cccc(-c4cnco4)n2)C2CCN3CC2)c1. The van der Waals surface area contributed by atoms with Gasteiger partial charge in [0.2, 0.25) is 0 Å². The highest BCUT2D eigenvalue weighted by Crippen LogP contribution is 2.39. The van der Waals surface area contributed by atoms with Crippen molar-refractivity contribution >= 4 is 23.4 Å². The quantitative estimate of drug-likeness (QED) is 0.464. The Kier molecular flexibility index (Phi) is 4.98. The predicted molar refractivity (Wildman–Crippen MR) is 131 cm³/mol. The third kappa shape index (κ3) is 3.67. The van der Waals surface area contributed by atoms with Crippen molar-refractivity contribution in [2.24, 2.45) is 0 Å². The van der Waals surface area contributed by atoms with Crippen LogP contribution in [0.4, 0.5) is 22.1 Å². The molecule has 1 N–H and O–H groups in total. The smallest absolute Gasteiger partial charge is 0.328 e. The fraction of sp³-hybridized carbons (Fsp3) is 0.231. The number of aryl methyl sites for hydroxylation is 1. The zero-order chi connectivity index (χ0) is 23.1. The summed E-state index contributed by atoms with van der Waals surface area (Å²) in [6, 6.07) is 17.7. The Morgan fingerprint density at radius 3 is 2.68 bits per heavy atom. The number of hydrogen-bond acceptors (Lipinski definition) is 6. The molecule has 1 fully saturated rings. The van der Waals surface area contributed by atoms with Crippen molar-refractivity contribution in [1.29, 1.82) is 0 Å². The molecule has 8 heteroatoms. The summed E-state index contributed by atoms with van der Waals surface area (Å²) in [5.41, 5.74) is 4.67. The lowest BCUT2D eigenvalue weighted by Gasteiger charge is -2.31. The van der Waals surface area contributed by atoms with Gasteiger partial charge in [-0.3, -0.25) is 10.2 Å². The average molecular weight is 453 g/mol. The highest BCUT2D eigenvalue weighted by molar-refractivity contribution is 6.03. The van der Waals surface area contributed by atoms with Crippen LogP contribution < -0.4 is 15.1 Å². The van der Waals surface area contributed by atoms with E-state index in [9.17, 15) is 4.79 Å². The number of urea groups is 1. The maximum Gasteiger partial charge on any atom is 0.328 e. The summed E-state index contributed by atoms with van der Waals surface area (Å²) in [7, 11) is 0. The average Bonchev–Trinajstić information content (AvgIpc) is 3.30. The topological polar surface area (TPSA) is 87.4 Å². The number of carbonyl (C=O) groups excluding carboxylic acids is 1. The van der Waals surface area contributed by atoms with E-state index in [4.69, 9.17) is 9.40 Å². The van der Waals surface area contributed by atoms with Crippen molar-refractivity contribution in [3.8, 4) is 22.7 Å². The number of nitrogens with one attached hydrogen (secondary N) is 1. The van der Waals surface area contributed by atoms with E-state index in [2.05, 4.69) is 51.4 Å². The first-order chi connectivity index (χ1) is 16.7. The van der Waals surface area contributed by atoms with Crippen LogP contribution in [-0.2, 0) is 0 Å². The predicted octanol–water partition coefficient (Wildman–Crippen LogP) is 5.13. The number of piperidine rings is 1. The maximum absolute atomic E-state index is 13.7. The van der Waals surface area contributed by atoms with Crippen LogP contribution >= 0.6 is 0 Å². The number of rotatable bonds is 3. The van der Waals surface area contributed by atoms with Gasteiger partial charge in [-0.1, -0.05) is 29.8 Å². The lowest BCUT2D eigenvalue weighted by atomic mass is 10.1. The van der Waals surface area contributed by atoms with Crippen LogP contribution in [0.2, 0.25) is 0 Å². The highest BCUT2D eigenvalue weighted by Gasteiger charge is 2.37. The molecule has 0 atom stereocenters. The van der Waals surface area contributed by atoms with Gasteiger partial charge in [-0.2, -0.15) is 0 Å². The van der Waals surface area contributed by atoms with Gasteiger partial charge in [-0.25, -0.2) is 19.7 Å². The van der Waals surface area contributed by atoms with Crippen molar-refractivity contribution < 1.29 is 9.21 Å². The molecule has 34 heavy (non-hydrogen) atoms. The van der Waals surface area contributed by atoms with Gasteiger partial charge in [0.05, 0.1) is 17.6 Å². The van der Waals surface area contributed by atoms with E-state index >= 15 is 0 Å². The minimum Gasteiger partial charge on any atom is -0.442 e. The Morgan fingerprint density at radius 2 is 1.88 bits per heavy atom. The second-order valence-electron chi connectivity index (χ2n) is 8.70. The fourth-order valence-electron chi connectivity index (χ4n) is 4.78. The number of carbonyl (C=O) groups is 1. The van der Waals surface area contributed by atoms with Gasteiger partial charge in [0, 0.05) is 24.7 Å². The first-order valence-corrected chi connectivity index (χ1v) is 11.4. The van der Waals surface area contributed by atoms with Crippen LogP contribution in [0.1, 0.15) is 18.4 Å². The van der Waals surface area contributed by atoms with E-state index in [1.807, 2.05) is 29.2 Å². The van der Waals surface area contributed by atoms with Gasteiger partial charge in [0.25, 0.3) is 0 Å². The molecule has 7 rings (SSSR count). The fourth-order valence-corrected chi connectivity index (χ4v) is 4.78. The summed E-state index contributed by atoms with van der Waals surface area (Å²) in [4.78, 5) is 31.3. The van der Waals surface area contributed by atoms with Gasteiger partial charge >= 0.3 is 6.03 Å². The zero-order valence-electron chi connectivity index (χ0n) is 18.8. The number of benzene rings is 1. The van der Waals surface area contributed by atoms with E-state index in [0.717, 1.165) is 42.9 Å². The molecule has 0 aliphatic carbocycles. The Morgan fingerprint density at radius 1 is 1.03 bits per heavy atom. The molecule has 6 heterocycles. The number of anilines is 3. The largest absolute Gasteiger partial charge is 0.442 e. The molecule has 4 aromatic rings. The number of aromatic nitrogens is 3. The molecule has 170 valence electrons. The Bertz CT molecular complexity index is 1350. The summed E-state index contributed by atoms with van der Waals surface area (Å²) in [6.07, 6.45) is 4.76.